The maximum atomic E-state index is 12.9. The number of aliphatic hydroxyl groups is 1. The first-order valence-corrected chi connectivity index (χ1v) is 11.0. The highest BCUT2D eigenvalue weighted by atomic mass is 16.5. The Morgan fingerprint density at radius 1 is 1.03 bits per heavy atom. The maximum absolute atomic E-state index is 12.9. The average Bonchev–Trinajstić information content (AvgIpc) is 3.07. The van der Waals surface area contributed by atoms with Crippen LogP contribution in [0.15, 0.2) is 54.4 Å². The van der Waals surface area contributed by atoms with Crippen LogP contribution >= 0.6 is 0 Å². The molecule has 1 aromatic carbocycles. The number of aliphatic hydroxyl groups excluding tert-OH is 1. The molecule has 7 heteroatoms. The number of aromatic nitrogens is 1. The lowest BCUT2D eigenvalue weighted by atomic mass is 9.96. The molecule has 3 rings (SSSR count). The lowest BCUT2D eigenvalue weighted by Gasteiger charge is -2.25. The number of amides is 1. The predicted octanol–water partition coefficient (Wildman–Crippen LogP) is 4.11. The molecule has 1 atom stereocenters. The van der Waals surface area contributed by atoms with Crippen LogP contribution in [0.2, 0.25) is 0 Å². The van der Waals surface area contributed by atoms with Gasteiger partial charge in [-0.1, -0.05) is 19.8 Å². The van der Waals surface area contributed by atoms with Crippen molar-refractivity contribution in [2.24, 2.45) is 0 Å². The molecule has 2 heterocycles. The molecule has 1 aliphatic heterocycles. The van der Waals surface area contributed by atoms with E-state index in [1.54, 1.807) is 55.9 Å². The zero-order valence-electron chi connectivity index (χ0n) is 18.6. The first-order chi connectivity index (χ1) is 15.6. The van der Waals surface area contributed by atoms with Crippen LogP contribution in [0, 0.1) is 0 Å². The largest absolute Gasteiger partial charge is 0.507 e. The molecule has 2 aromatic rings. The van der Waals surface area contributed by atoms with Gasteiger partial charge in [-0.15, -0.1) is 0 Å². The second kappa shape index (κ2) is 11.4. The number of hydrogen-bond donors (Lipinski definition) is 1. The second-order valence-electron chi connectivity index (χ2n) is 7.70. The lowest BCUT2D eigenvalue weighted by molar-refractivity contribution is -0.140. The van der Waals surface area contributed by atoms with Crippen LogP contribution in [0.4, 0.5) is 0 Å². The van der Waals surface area contributed by atoms with E-state index in [9.17, 15) is 14.7 Å². The summed E-state index contributed by atoms with van der Waals surface area (Å²) >= 11 is 0. The van der Waals surface area contributed by atoms with Gasteiger partial charge in [-0.3, -0.25) is 14.6 Å². The summed E-state index contributed by atoms with van der Waals surface area (Å²) in [5.41, 5.74) is 1.25. The molecule has 0 saturated carbocycles. The summed E-state index contributed by atoms with van der Waals surface area (Å²) in [6.45, 7) is 3.57. The van der Waals surface area contributed by atoms with Crippen LogP contribution in [-0.2, 0) is 14.3 Å². The predicted molar refractivity (Wildman–Crippen MR) is 121 cm³/mol. The Balaban J connectivity index is 1.91. The zero-order chi connectivity index (χ0) is 22.9. The number of carbonyl (C=O) groups is 2. The molecular weight excluding hydrogens is 408 g/mol. The van der Waals surface area contributed by atoms with Crippen molar-refractivity contribution in [3.05, 3.63) is 65.5 Å². The van der Waals surface area contributed by atoms with Gasteiger partial charge in [-0.25, -0.2) is 0 Å². The summed E-state index contributed by atoms with van der Waals surface area (Å²) < 4.78 is 10.8. The zero-order valence-corrected chi connectivity index (χ0v) is 18.6. The summed E-state index contributed by atoms with van der Waals surface area (Å²) in [5, 5.41) is 11.1. The number of hydrogen-bond acceptors (Lipinski definition) is 6. The Morgan fingerprint density at radius 3 is 2.41 bits per heavy atom. The average molecular weight is 439 g/mol. The smallest absolute Gasteiger partial charge is 0.295 e. The van der Waals surface area contributed by atoms with Gasteiger partial charge in [0.05, 0.1) is 18.2 Å². The molecule has 170 valence electrons. The Kier molecular flexibility index (Phi) is 8.39. The van der Waals surface area contributed by atoms with Gasteiger partial charge in [-0.2, -0.15) is 0 Å². The van der Waals surface area contributed by atoms with Crippen LogP contribution in [-0.4, -0.2) is 53.5 Å². The first-order valence-electron chi connectivity index (χ1n) is 11.0. The molecule has 32 heavy (non-hydrogen) atoms. The Morgan fingerprint density at radius 2 is 1.75 bits per heavy atom. The van der Waals surface area contributed by atoms with Crippen molar-refractivity contribution in [3.63, 3.8) is 0 Å². The number of pyridine rings is 1. The third kappa shape index (κ3) is 5.34. The summed E-state index contributed by atoms with van der Waals surface area (Å²) in [6, 6.07) is 9.74. The summed E-state index contributed by atoms with van der Waals surface area (Å²) in [6.07, 6.45) is 7.01. The number of Topliss-reactive ketones (excluding diaryl/α,β-unsaturated/α-hetero) is 1. The number of carbonyl (C=O) groups excluding carboxylic acids is 2. The van der Waals surface area contributed by atoms with Crippen molar-refractivity contribution in [1.29, 1.82) is 0 Å². The lowest BCUT2D eigenvalue weighted by Crippen LogP contribution is -2.31. The van der Waals surface area contributed by atoms with Crippen molar-refractivity contribution >= 4 is 17.4 Å². The minimum Gasteiger partial charge on any atom is -0.507 e. The van der Waals surface area contributed by atoms with Crippen molar-refractivity contribution in [2.75, 3.05) is 26.9 Å². The molecule has 1 saturated heterocycles. The quantitative estimate of drug-likeness (QED) is 0.246. The van der Waals surface area contributed by atoms with E-state index in [1.807, 2.05) is 0 Å². The number of nitrogens with zero attached hydrogens (tertiary/aromatic N) is 2. The highest BCUT2D eigenvalue weighted by Crippen LogP contribution is 2.39. The number of benzene rings is 1. The molecule has 0 bridgehead atoms. The van der Waals surface area contributed by atoms with Gasteiger partial charge in [-0.05, 0) is 54.8 Å². The highest BCUT2D eigenvalue weighted by Gasteiger charge is 2.45. The number of unbranched alkanes of at least 4 members (excludes halogenated alkanes) is 2. The summed E-state index contributed by atoms with van der Waals surface area (Å²) in [5.74, 6) is -0.817. The molecule has 1 fully saturated rings. The molecule has 1 amide bonds. The molecule has 1 aliphatic rings. The summed E-state index contributed by atoms with van der Waals surface area (Å²) in [7, 11) is 1.59. The van der Waals surface area contributed by atoms with Crippen molar-refractivity contribution in [3.8, 4) is 5.75 Å². The Hall–Kier alpha value is -3.19. The van der Waals surface area contributed by atoms with Crippen LogP contribution in [0.5, 0.6) is 5.75 Å². The molecular formula is C25H30N2O5. The molecule has 0 spiro atoms. The fourth-order valence-electron chi connectivity index (χ4n) is 3.79. The second-order valence-corrected chi connectivity index (χ2v) is 7.70. The normalized spacial score (nSPS) is 17.7. The van der Waals surface area contributed by atoms with E-state index in [4.69, 9.17) is 9.47 Å². The number of ether oxygens (including phenoxy) is 2. The van der Waals surface area contributed by atoms with Gasteiger partial charge in [0.15, 0.2) is 0 Å². The van der Waals surface area contributed by atoms with Gasteiger partial charge in [0, 0.05) is 38.2 Å². The number of ketones is 1. The topological polar surface area (TPSA) is 89.0 Å². The van der Waals surface area contributed by atoms with Gasteiger partial charge < -0.3 is 19.5 Å². The minimum atomic E-state index is -0.693. The highest BCUT2D eigenvalue weighted by molar-refractivity contribution is 6.46. The van der Waals surface area contributed by atoms with Crippen LogP contribution in [0.25, 0.3) is 5.76 Å². The summed E-state index contributed by atoms with van der Waals surface area (Å²) in [4.78, 5) is 31.3. The van der Waals surface area contributed by atoms with Gasteiger partial charge in [0.25, 0.3) is 11.7 Å². The fourth-order valence-corrected chi connectivity index (χ4v) is 3.79. The SMILES string of the molecule is CCCCCOc1ccc(/C(O)=C2/C(=O)C(=O)N(CCCOC)C2c2ccncc2)cc1. The van der Waals surface area contributed by atoms with E-state index < -0.39 is 17.7 Å². The molecule has 0 aliphatic carbocycles. The monoisotopic (exact) mass is 438 g/mol. The first kappa shape index (κ1) is 23.5. The Labute approximate surface area is 188 Å². The molecule has 0 radical (unpaired) electrons. The molecule has 1 aromatic heterocycles. The van der Waals surface area contributed by atoms with Gasteiger partial charge >= 0.3 is 0 Å². The van der Waals surface area contributed by atoms with Crippen molar-refractivity contribution < 1.29 is 24.2 Å². The molecule has 7 nitrogen and oxygen atoms in total. The third-order valence-electron chi connectivity index (χ3n) is 5.45. The maximum Gasteiger partial charge on any atom is 0.295 e. The van der Waals surface area contributed by atoms with Crippen LogP contribution in [0.3, 0.4) is 0 Å². The van der Waals surface area contributed by atoms with E-state index in [0.717, 1.165) is 19.3 Å². The Bertz CT molecular complexity index is 941. The van der Waals surface area contributed by atoms with E-state index >= 15 is 0 Å². The van der Waals surface area contributed by atoms with Gasteiger partial charge in [0.1, 0.15) is 11.5 Å². The fraction of sp³-hybridized carbons (Fsp3) is 0.400. The van der Waals surface area contributed by atoms with Crippen LogP contribution < -0.4 is 4.74 Å². The number of rotatable bonds is 11. The van der Waals surface area contributed by atoms with Gasteiger partial charge in [0.2, 0.25) is 0 Å². The van der Waals surface area contributed by atoms with E-state index in [-0.39, 0.29) is 11.3 Å². The van der Waals surface area contributed by atoms with Crippen LogP contribution in [0.1, 0.15) is 49.8 Å². The van der Waals surface area contributed by atoms with E-state index in [0.29, 0.717) is 43.1 Å². The van der Waals surface area contributed by atoms with E-state index in [2.05, 4.69) is 11.9 Å². The minimum absolute atomic E-state index is 0.0789. The van der Waals surface area contributed by atoms with Crippen molar-refractivity contribution in [1.82, 2.24) is 9.88 Å². The van der Waals surface area contributed by atoms with Crippen molar-refractivity contribution in [2.45, 2.75) is 38.6 Å². The number of methoxy groups -OCH3 is 1. The van der Waals surface area contributed by atoms with E-state index in [1.165, 1.54) is 4.90 Å². The third-order valence-corrected chi connectivity index (χ3v) is 5.45. The number of likely N-dealkylation sites (tertiary alicyclic amines) is 1. The standard InChI is InChI=1S/C25H30N2O5/c1-3-4-5-17-32-20-9-7-19(8-10-20)23(28)21-22(18-11-13-26-14-12-18)27(15-6-16-31-2)25(30)24(21)29/h7-14,22,28H,3-6,15-17H2,1-2H3/b23-21-. The molecule has 1 N–H and O–H groups in total. The molecule has 1 unspecified atom stereocenters.